The Morgan fingerprint density at radius 3 is 2.43 bits per heavy atom. The van der Waals surface area contributed by atoms with Crippen molar-refractivity contribution in [3.8, 4) is 6.07 Å². The molecule has 2 aromatic carbocycles. The maximum Gasteiger partial charge on any atom is 0.205 e. The zero-order valence-corrected chi connectivity index (χ0v) is 12.1. The molecule has 0 aliphatic carbocycles. The van der Waals surface area contributed by atoms with E-state index in [-0.39, 0.29) is 11.4 Å². The number of fused-ring (bicyclic) bond motifs is 1. The van der Waals surface area contributed by atoms with Crippen LogP contribution in [0.1, 0.15) is 20.7 Å². The average molecular weight is 300 g/mol. The SMILES string of the molecule is N#C/C(=C\C(=O)c1ccccc1)C(=O)c1c[nH]c2ccccc12. The number of ketones is 2. The highest BCUT2D eigenvalue weighted by molar-refractivity contribution is 6.21. The van der Waals surface area contributed by atoms with Crippen LogP contribution in [0.2, 0.25) is 0 Å². The smallest absolute Gasteiger partial charge is 0.205 e. The number of nitrogens with zero attached hydrogens (tertiary/aromatic N) is 1. The lowest BCUT2D eigenvalue weighted by Gasteiger charge is -1.99. The maximum atomic E-state index is 12.6. The van der Waals surface area contributed by atoms with E-state index in [9.17, 15) is 14.9 Å². The van der Waals surface area contributed by atoms with Gasteiger partial charge in [-0.2, -0.15) is 5.26 Å². The van der Waals surface area contributed by atoms with Crippen LogP contribution in [0.15, 0.2) is 72.4 Å². The molecule has 0 unspecified atom stereocenters. The Morgan fingerprint density at radius 2 is 1.70 bits per heavy atom. The molecule has 0 fully saturated rings. The van der Waals surface area contributed by atoms with Crippen molar-refractivity contribution >= 4 is 22.5 Å². The second kappa shape index (κ2) is 6.12. The fourth-order valence-corrected chi connectivity index (χ4v) is 2.37. The maximum absolute atomic E-state index is 12.6. The van der Waals surface area contributed by atoms with Crippen molar-refractivity contribution in [3.63, 3.8) is 0 Å². The molecule has 3 rings (SSSR count). The molecule has 23 heavy (non-hydrogen) atoms. The average Bonchev–Trinajstić information content (AvgIpc) is 3.03. The van der Waals surface area contributed by atoms with E-state index in [1.54, 1.807) is 42.6 Å². The number of carbonyl (C=O) groups is 2. The fourth-order valence-electron chi connectivity index (χ4n) is 2.37. The summed E-state index contributed by atoms with van der Waals surface area (Å²) in [4.78, 5) is 27.7. The molecule has 4 heteroatoms. The van der Waals surface area contributed by atoms with Crippen LogP contribution in [0, 0.1) is 11.3 Å². The fraction of sp³-hybridized carbons (Fsp3) is 0. The van der Waals surface area contributed by atoms with E-state index in [2.05, 4.69) is 4.98 Å². The number of allylic oxidation sites excluding steroid dienone is 2. The van der Waals surface area contributed by atoms with Crippen molar-refractivity contribution < 1.29 is 9.59 Å². The number of para-hydroxylation sites is 1. The highest BCUT2D eigenvalue weighted by Gasteiger charge is 2.17. The molecule has 0 bridgehead atoms. The molecule has 0 aliphatic heterocycles. The third kappa shape index (κ3) is 2.81. The lowest BCUT2D eigenvalue weighted by atomic mass is 10.0. The first kappa shape index (κ1) is 14.5. The summed E-state index contributed by atoms with van der Waals surface area (Å²) in [6.07, 6.45) is 2.66. The number of hydrogen-bond acceptors (Lipinski definition) is 3. The zero-order valence-electron chi connectivity index (χ0n) is 12.1. The summed E-state index contributed by atoms with van der Waals surface area (Å²) in [5.74, 6) is -0.829. The van der Waals surface area contributed by atoms with Crippen LogP contribution in [0.4, 0.5) is 0 Å². The zero-order chi connectivity index (χ0) is 16.2. The van der Waals surface area contributed by atoms with Gasteiger partial charge in [0.05, 0.1) is 0 Å². The van der Waals surface area contributed by atoms with E-state index in [0.717, 1.165) is 17.0 Å². The molecule has 0 aliphatic rings. The van der Waals surface area contributed by atoms with E-state index >= 15 is 0 Å². The molecule has 0 saturated heterocycles. The monoisotopic (exact) mass is 300 g/mol. The Kier molecular flexibility index (Phi) is 3.86. The molecule has 0 radical (unpaired) electrons. The Morgan fingerprint density at radius 1 is 1.00 bits per heavy atom. The molecule has 0 spiro atoms. The molecule has 1 aromatic heterocycles. The predicted molar refractivity (Wildman–Crippen MR) is 87.1 cm³/mol. The number of nitriles is 1. The summed E-state index contributed by atoms with van der Waals surface area (Å²) < 4.78 is 0. The van der Waals surface area contributed by atoms with Crippen LogP contribution in [0.25, 0.3) is 10.9 Å². The van der Waals surface area contributed by atoms with E-state index < -0.39 is 5.78 Å². The van der Waals surface area contributed by atoms with Crippen molar-refractivity contribution in [2.24, 2.45) is 0 Å². The molecule has 0 atom stereocenters. The summed E-state index contributed by atoms with van der Waals surface area (Å²) in [6, 6.07) is 17.7. The molecular formula is C19H12N2O2. The number of H-pyrrole nitrogens is 1. The minimum atomic E-state index is -0.464. The number of rotatable bonds is 4. The number of hydrogen-bond donors (Lipinski definition) is 1. The van der Waals surface area contributed by atoms with Gasteiger partial charge in [0.15, 0.2) is 5.78 Å². The van der Waals surface area contributed by atoms with Crippen LogP contribution in [-0.4, -0.2) is 16.6 Å². The van der Waals surface area contributed by atoms with E-state index in [4.69, 9.17) is 0 Å². The minimum Gasteiger partial charge on any atom is -0.360 e. The van der Waals surface area contributed by atoms with Crippen LogP contribution < -0.4 is 0 Å². The molecule has 4 nitrogen and oxygen atoms in total. The number of carbonyl (C=O) groups excluding carboxylic acids is 2. The first-order valence-corrected chi connectivity index (χ1v) is 7.02. The third-order valence-corrected chi connectivity index (χ3v) is 3.53. The third-order valence-electron chi connectivity index (χ3n) is 3.53. The molecular weight excluding hydrogens is 288 g/mol. The molecule has 0 amide bonds. The highest BCUT2D eigenvalue weighted by atomic mass is 16.1. The van der Waals surface area contributed by atoms with Gasteiger partial charge in [-0.05, 0) is 6.07 Å². The standard InChI is InChI=1S/C19H12N2O2/c20-11-14(10-18(22)13-6-2-1-3-7-13)19(23)16-12-21-17-9-5-4-8-15(16)17/h1-10,12,21H/b14-10+. The minimum absolute atomic E-state index is 0.177. The highest BCUT2D eigenvalue weighted by Crippen LogP contribution is 2.20. The van der Waals surface area contributed by atoms with Gasteiger partial charge in [0.25, 0.3) is 0 Å². The van der Waals surface area contributed by atoms with Gasteiger partial charge in [0.1, 0.15) is 11.6 Å². The summed E-state index contributed by atoms with van der Waals surface area (Å²) in [7, 11) is 0. The van der Waals surface area contributed by atoms with Gasteiger partial charge in [-0.3, -0.25) is 9.59 Å². The molecule has 1 heterocycles. The molecule has 3 aromatic rings. The van der Waals surface area contributed by atoms with Crippen molar-refractivity contribution in [3.05, 3.63) is 83.6 Å². The summed E-state index contributed by atoms with van der Waals surface area (Å²) in [5.41, 5.74) is 1.45. The number of Topliss-reactive ketones (excluding diaryl/α,β-unsaturated/α-hetero) is 1. The predicted octanol–water partition coefficient (Wildman–Crippen LogP) is 3.68. The second-order valence-electron chi connectivity index (χ2n) is 4.98. The Bertz CT molecular complexity index is 960. The summed E-state index contributed by atoms with van der Waals surface area (Å²) in [6.45, 7) is 0. The van der Waals surface area contributed by atoms with Gasteiger partial charge in [-0.15, -0.1) is 0 Å². The summed E-state index contributed by atoms with van der Waals surface area (Å²) >= 11 is 0. The largest absolute Gasteiger partial charge is 0.360 e. The van der Waals surface area contributed by atoms with E-state index in [0.29, 0.717) is 11.1 Å². The summed E-state index contributed by atoms with van der Waals surface area (Å²) in [5, 5.41) is 9.99. The Hall–Kier alpha value is -3.45. The Labute approximate surface area is 132 Å². The van der Waals surface area contributed by atoms with Crippen molar-refractivity contribution in [1.82, 2.24) is 4.98 Å². The quantitative estimate of drug-likeness (QED) is 0.453. The van der Waals surface area contributed by atoms with Gasteiger partial charge in [0.2, 0.25) is 5.78 Å². The normalized spacial score (nSPS) is 11.2. The Balaban J connectivity index is 1.98. The van der Waals surface area contributed by atoms with Gasteiger partial charge in [-0.1, -0.05) is 48.5 Å². The number of aromatic nitrogens is 1. The molecule has 110 valence electrons. The van der Waals surface area contributed by atoms with Crippen molar-refractivity contribution in [2.45, 2.75) is 0 Å². The van der Waals surface area contributed by atoms with E-state index in [1.807, 2.05) is 24.3 Å². The molecule has 1 N–H and O–H groups in total. The van der Waals surface area contributed by atoms with Gasteiger partial charge in [0, 0.05) is 34.3 Å². The molecule has 0 saturated carbocycles. The van der Waals surface area contributed by atoms with Crippen molar-refractivity contribution in [2.75, 3.05) is 0 Å². The number of aromatic amines is 1. The van der Waals surface area contributed by atoms with Gasteiger partial charge < -0.3 is 4.98 Å². The van der Waals surface area contributed by atoms with Crippen molar-refractivity contribution in [1.29, 1.82) is 5.26 Å². The van der Waals surface area contributed by atoms with Gasteiger partial charge >= 0.3 is 0 Å². The van der Waals surface area contributed by atoms with Crippen LogP contribution in [0.5, 0.6) is 0 Å². The van der Waals surface area contributed by atoms with E-state index in [1.165, 1.54) is 0 Å². The van der Waals surface area contributed by atoms with Gasteiger partial charge in [-0.25, -0.2) is 0 Å². The second-order valence-corrected chi connectivity index (χ2v) is 4.98. The number of nitrogens with one attached hydrogen (secondary N) is 1. The van der Waals surface area contributed by atoms with Crippen LogP contribution in [0.3, 0.4) is 0 Å². The first-order valence-electron chi connectivity index (χ1n) is 7.02. The lowest BCUT2D eigenvalue weighted by Crippen LogP contribution is -2.05. The first-order chi connectivity index (χ1) is 11.2. The van der Waals surface area contributed by atoms with Crippen LogP contribution in [-0.2, 0) is 0 Å². The van der Waals surface area contributed by atoms with Crippen LogP contribution >= 0.6 is 0 Å². The lowest BCUT2D eigenvalue weighted by molar-refractivity contribution is 0.101. The number of benzene rings is 2. The topological polar surface area (TPSA) is 73.7 Å².